The fourth-order valence-corrected chi connectivity index (χ4v) is 2.67. The van der Waals surface area contributed by atoms with Gasteiger partial charge in [0.05, 0.1) is 0 Å². The molecule has 0 saturated carbocycles. The van der Waals surface area contributed by atoms with Crippen LogP contribution in [0, 0.1) is 0 Å². The summed E-state index contributed by atoms with van der Waals surface area (Å²) in [5.74, 6) is -3.19. The molecule has 10 nitrogen and oxygen atoms in total. The van der Waals surface area contributed by atoms with Crippen LogP contribution in [-0.4, -0.2) is 68.3 Å². The van der Waals surface area contributed by atoms with E-state index < -0.39 is 54.6 Å². The first kappa shape index (κ1) is 19.6. The number of hydrogen-bond acceptors (Lipinski definition) is 10. The Bertz CT molecular complexity index is 534. The monoisotopic (exact) mass is 362 g/mol. The van der Waals surface area contributed by atoms with E-state index in [4.69, 9.17) is 33.2 Å². The minimum absolute atomic E-state index is 0.221. The van der Waals surface area contributed by atoms with E-state index in [1.54, 1.807) is 0 Å². The number of hydrogen-bond donors (Lipinski definition) is 0. The topological polar surface area (TPSA) is 116 Å². The Morgan fingerprint density at radius 2 is 1.56 bits per heavy atom. The fraction of sp³-hybridized carbons (Fsp3) is 0.800. The summed E-state index contributed by atoms with van der Waals surface area (Å²) in [4.78, 5) is 34.1. The maximum atomic E-state index is 11.5. The standard InChI is InChI=1S/C15H22O10/c1-7(16)20-6-10-11(21-8(2)17)12(22-9(3)18)13-14(23-10)25-15(4,19-5)24-13/h10-14H,6H2,1-5H3/t10-,11-,12+,13+,14+,15+/m1/s1. The molecule has 2 heterocycles. The summed E-state index contributed by atoms with van der Waals surface area (Å²) >= 11 is 0. The molecule has 25 heavy (non-hydrogen) atoms. The molecule has 2 rings (SSSR count). The lowest BCUT2D eigenvalue weighted by Crippen LogP contribution is -2.60. The van der Waals surface area contributed by atoms with E-state index in [0.717, 1.165) is 0 Å². The average molecular weight is 362 g/mol. The summed E-state index contributed by atoms with van der Waals surface area (Å²) in [7, 11) is 1.37. The molecular weight excluding hydrogens is 340 g/mol. The zero-order valence-electron chi connectivity index (χ0n) is 14.7. The molecule has 10 heteroatoms. The zero-order chi connectivity index (χ0) is 18.8. The Hall–Kier alpha value is -1.75. The van der Waals surface area contributed by atoms with Crippen molar-refractivity contribution in [1.29, 1.82) is 0 Å². The highest BCUT2D eigenvalue weighted by atomic mass is 16.9. The van der Waals surface area contributed by atoms with Crippen LogP contribution in [-0.2, 0) is 47.5 Å². The molecule has 2 aliphatic heterocycles. The van der Waals surface area contributed by atoms with Crippen molar-refractivity contribution in [2.75, 3.05) is 13.7 Å². The molecule has 0 spiro atoms. The predicted molar refractivity (Wildman–Crippen MR) is 77.8 cm³/mol. The number of carbonyl (C=O) groups is 3. The Morgan fingerprint density at radius 3 is 2.08 bits per heavy atom. The molecule has 0 amide bonds. The van der Waals surface area contributed by atoms with Crippen LogP contribution in [0.1, 0.15) is 27.7 Å². The predicted octanol–water partition coefficient (Wildman–Crippen LogP) is -0.127. The third-order valence-corrected chi connectivity index (χ3v) is 3.70. The van der Waals surface area contributed by atoms with Crippen molar-refractivity contribution in [1.82, 2.24) is 0 Å². The molecule has 0 aromatic rings. The first-order chi connectivity index (χ1) is 11.6. The second kappa shape index (κ2) is 7.65. The van der Waals surface area contributed by atoms with Crippen LogP contribution in [0.25, 0.3) is 0 Å². The lowest BCUT2D eigenvalue weighted by Gasteiger charge is -2.40. The van der Waals surface area contributed by atoms with Crippen molar-refractivity contribution in [3.05, 3.63) is 0 Å². The van der Waals surface area contributed by atoms with Crippen LogP contribution in [0.3, 0.4) is 0 Å². The van der Waals surface area contributed by atoms with Gasteiger partial charge < -0.3 is 28.4 Å². The van der Waals surface area contributed by atoms with Gasteiger partial charge >= 0.3 is 17.9 Å². The minimum atomic E-state index is -1.43. The molecule has 0 aromatic heterocycles. The minimum Gasteiger partial charge on any atom is -0.463 e. The number of fused-ring (bicyclic) bond motifs is 1. The number of esters is 3. The molecule has 142 valence electrons. The third-order valence-electron chi connectivity index (χ3n) is 3.70. The smallest absolute Gasteiger partial charge is 0.303 e. The van der Waals surface area contributed by atoms with Gasteiger partial charge in [-0.15, -0.1) is 0 Å². The van der Waals surface area contributed by atoms with Crippen LogP contribution in [0.4, 0.5) is 0 Å². The van der Waals surface area contributed by atoms with Crippen molar-refractivity contribution in [3.8, 4) is 0 Å². The van der Waals surface area contributed by atoms with E-state index in [1.165, 1.54) is 34.8 Å². The Labute approximate surface area is 144 Å². The summed E-state index contributed by atoms with van der Waals surface area (Å²) in [5.41, 5.74) is 0. The zero-order valence-corrected chi connectivity index (χ0v) is 14.7. The molecule has 6 atom stereocenters. The first-order valence-electron chi connectivity index (χ1n) is 7.69. The summed E-state index contributed by atoms with van der Waals surface area (Å²) < 4.78 is 37.6. The number of rotatable bonds is 5. The van der Waals surface area contributed by atoms with Crippen LogP contribution >= 0.6 is 0 Å². The number of ether oxygens (including phenoxy) is 7. The molecule has 0 N–H and O–H groups in total. The van der Waals surface area contributed by atoms with Crippen LogP contribution in [0.2, 0.25) is 0 Å². The normalized spacial score (nSPS) is 37.1. The van der Waals surface area contributed by atoms with Gasteiger partial charge in [0.15, 0.2) is 24.6 Å². The molecule has 2 aliphatic rings. The van der Waals surface area contributed by atoms with Gasteiger partial charge in [-0.2, -0.15) is 0 Å². The SMILES string of the molecule is CO[C@]1(C)O[C@@H]2O[C@H](COC(C)=O)[C@@H](OC(C)=O)[C@H](OC(C)=O)[C@@H]2O1. The molecule has 0 radical (unpaired) electrons. The van der Waals surface area contributed by atoms with Crippen molar-refractivity contribution in [2.24, 2.45) is 0 Å². The number of carbonyl (C=O) groups excluding carboxylic acids is 3. The van der Waals surface area contributed by atoms with Crippen molar-refractivity contribution in [3.63, 3.8) is 0 Å². The van der Waals surface area contributed by atoms with Gasteiger partial charge in [-0.05, 0) is 0 Å². The molecule has 0 unspecified atom stereocenters. The highest BCUT2D eigenvalue weighted by molar-refractivity contribution is 5.67. The van der Waals surface area contributed by atoms with Crippen molar-refractivity contribution in [2.45, 2.75) is 64.4 Å². The Morgan fingerprint density at radius 1 is 0.960 bits per heavy atom. The maximum Gasteiger partial charge on any atom is 0.303 e. The van der Waals surface area contributed by atoms with Gasteiger partial charge in [0, 0.05) is 34.8 Å². The van der Waals surface area contributed by atoms with Crippen LogP contribution < -0.4 is 0 Å². The largest absolute Gasteiger partial charge is 0.463 e. The third kappa shape index (κ3) is 4.66. The lowest BCUT2D eigenvalue weighted by atomic mass is 9.98. The molecule has 0 bridgehead atoms. The summed E-state index contributed by atoms with van der Waals surface area (Å²) in [6.45, 7) is 4.93. The Balaban J connectivity index is 2.29. The Kier molecular flexibility index (Phi) is 5.99. The summed E-state index contributed by atoms with van der Waals surface area (Å²) in [6, 6.07) is 0. The fourth-order valence-electron chi connectivity index (χ4n) is 2.67. The van der Waals surface area contributed by atoms with E-state index in [2.05, 4.69) is 0 Å². The lowest BCUT2D eigenvalue weighted by molar-refractivity contribution is -0.334. The molecular formula is C15H22O10. The highest BCUT2D eigenvalue weighted by Crippen LogP contribution is 2.39. The van der Waals surface area contributed by atoms with Crippen molar-refractivity contribution >= 4 is 17.9 Å². The van der Waals surface area contributed by atoms with Crippen LogP contribution in [0.5, 0.6) is 0 Å². The maximum absolute atomic E-state index is 11.5. The molecule has 2 saturated heterocycles. The van der Waals surface area contributed by atoms with Gasteiger partial charge in [0.25, 0.3) is 5.97 Å². The van der Waals surface area contributed by atoms with Gasteiger partial charge in [0.1, 0.15) is 12.7 Å². The van der Waals surface area contributed by atoms with Gasteiger partial charge in [-0.25, -0.2) is 0 Å². The van der Waals surface area contributed by atoms with E-state index in [0.29, 0.717) is 0 Å². The molecule has 0 aliphatic carbocycles. The van der Waals surface area contributed by atoms with Gasteiger partial charge in [-0.3, -0.25) is 19.1 Å². The van der Waals surface area contributed by atoms with Gasteiger partial charge in [0.2, 0.25) is 0 Å². The van der Waals surface area contributed by atoms with Crippen LogP contribution in [0.15, 0.2) is 0 Å². The second-order valence-corrected chi connectivity index (χ2v) is 5.76. The highest BCUT2D eigenvalue weighted by Gasteiger charge is 2.59. The van der Waals surface area contributed by atoms with Gasteiger partial charge in [-0.1, -0.05) is 0 Å². The first-order valence-corrected chi connectivity index (χ1v) is 7.69. The quantitative estimate of drug-likeness (QED) is 0.484. The van der Waals surface area contributed by atoms with E-state index >= 15 is 0 Å². The summed E-state index contributed by atoms with van der Waals surface area (Å²) in [5, 5.41) is 0. The molecule has 2 fully saturated rings. The van der Waals surface area contributed by atoms with Crippen molar-refractivity contribution < 1.29 is 47.5 Å². The number of methoxy groups -OCH3 is 1. The molecule has 0 aromatic carbocycles. The average Bonchev–Trinajstić information content (AvgIpc) is 2.84. The van der Waals surface area contributed by atoms with E-state index in [9.17, 15) is 14.4 Å². The second-order valence-electron chi connectivity index (χ2n) is 5.76. The van der Waals surface area contributed by atoms with E-state index in [-0.39, 0.29) is 6.61 Å². The van der Waals surface area contributed by atoms with E-state index in [1.807, 2.05) is 0 Å². The summed E-state index contributed by atoms with van der Waals surface area (Å²) in [6.07, 6.45) is -4.86.